The molecule has 1 heterocycles. The summed E-state index contributed by atoms with van der Waals surface area (Å²) in [6.07, 6.45) is 3.58. The number of carbonyl (C=O) groups excluding carboxylic acids is 2. The number of amides is 2. The van der Waals surface area contributed by atoms with Gasteiger partial charge in [-0.05, 0) is 30.7 Å². The van der Waals surface area contributed by atoms with Crippen molar-refractivity contribution in [1.29, 1.82) is 0 Å². The molecule has 0 saturated carbocycles. The number of hydrogen-bond donors (Lipinski definition) is 1. The first kappa shape index (κ1) is 15.2. The Hall–Kier alpha value is -2.17. The van der Waals surface area contributed by atoms with E-state index in [-0.39, 0.29) is 23.5 Å². The molecule has 0 aromatic heterocycles. The second kappa shape index (κ2) is 7.02. The Balaban J connectivity index is 1.85. The van der Waals surface area contributed by atoms with Crippen LogP contribution < -0.4 is 5.32 Å². The molecular weight excluding hydrogens is 271 g/mol. The highest BCUT2D eigenvalue weighted by atomic mass is 19.1. The van der Waals surface area contributed by atoms with E-state index in [0.29, 0.717) is 26.1 Å². The number of carbonyl (C=O) groups is 2. The highest BCUT2D eigenvalue weighted by Crippen LogP contribution is 2.19. The van der Waals surface area contributed by atoms with E-state index in [1.165, 1.54) is 18.2 Å². The maximum atomic E-state index is 12.9. The molecule has 1 fully saturated rings. The number of nitrogens with zero attached hydrogens (tertiary/aromatic N) is 1. The van der Waals surface area contributed by atoms with Crippen LogP contribution in [0.5, 0.6) is 0 Å². The molecule has 1 aromatic carbocycles. The van der Waals surface area contributed by atoms with Gasteiger partial charge in [-0.2, -0.15) is 0 Å². The Morgan fingerprint density at radius 1 is 1.43 bits per heavy atom. The van der Waals surface area contributed by atoms with Crippen LogP contribution in [0, 0.1) is 11.7 Å². The highest BCUT2D eigenvalue weighted by Gasteiger charge is 2.29. The van der Waals surface area contributed by atoms with E-state index in [1.807, 2.05) is 0 Å². The van der Waals surface area contributed by atoms with Crippen molar-refractivity contribution in [2.24, 2.45) is 5.92 Å². The van der Waals surface area contributed by atoms with Gasteiger partial charge in [0.05, 0.1) is 0 Å². The maximum absolute atomic E-state index is 12.9. The minimum absolute atomic E-state index is 0.0737. The van der Waals surface area contributed by atoms with Gasteiger partial charge in [-0.3, -0.25) is 9.59 Å². The number of nitrogens with one attached hydrogen (secondary N) is 1. The molecule has 1 aliphatic heterocycles. The summed E-state index contributed by atoms with van der Waals surface area (Å²) in [5.74, 6) is -0.213. The lowest BCUT2D eigenvalue weighted by molar-refractivity contribution is -0.128. The molecule has 2 rings (SSSR count). The minimum atomic E-state index is -0.281. The van der Waals surface area contributed by atoms with E-state index in [2.05, 4.69) is 5.32 Å². The Kier molecular flexibility index (Phi) is 5.09. The molecule has 1 N–H and O–H groups in total. The third-order valence-corrected chi connectivity index (χ3v) is 3.46. The first-order valence-corrected chi connectivity index (χ1v) is 7.01. The van der Waals surface area contributed by atoms with E-state index >= 15 is 0 Å². The molecule has 1 aromatic rings. The van der Waals surface area contributed by atoms with Gasteiger partial charge in [-0.1, -0.05) is 18.2 Å². The smallest absolute Gasteiger partial charge is 0.243 e. The number of benzene rings is 1. The van der Waals surface area contributed by atoms with Gasteiger partial charge in [0.2, 0.25) is 11.8 Å². The molecule has 1 aliphatic rings. The van der Waals surface area contributed by atoms with E-state index < -0.39 is 0 Å². The van der Waals surface area contributed by atoms with E-state index in [1.54, 1.807) is 30.0 Å². The molecule has 21 heavy (non-hydrogen) atoms. The average Bonchev–Trinajstić information content (AvgIpc) is 2.80. The topological polar surface area (TPSA) is 49.4 Å². The lowest BCUT2D eigenvalue weighted by Gasteiger charge is -2.17. The van der Waals surface area contributed by atoms with E-state index in [4.69, 9.17) is 0 Å². The first-order valence-electron chi connectivity index (χ1n) is 7.01. The van der Waals surface area contributed by atoms with Gasteiger partial charge in [0.15, 0.2) is 0 Å². The molecule has 0 radical (unpaired) electrons. The van der Waals surface area contributed by atoms with E-state index in [9.17, 15) is 14.0 Å². The summed E-state index contributed by atoms with van der Waals surface area (Å²) >= 11 is 0. The van der Waals surface area contributed by atoms with Crippen molar-refractivity contribution in [3.05, 3.63) is 47.8 Å². The average molecular weight is 290 g/mol. The van der Waals surface area contributed by atoms with Crippen molar-refractivity contribution < 1.29 is 14.0 Å². The van der Waals surface area contributed by atoms with Crippen LogP contribution in [-0.4, -0.2) is 29.8 Å². The Labute approximate surface area is 123 Å². The molecule has 4 nitrogen and oxygen atoms in total. The highest BCUT2D eigenvalue weighted by molar-refractivity contribution is 5.87. The van der Waals surface area contributed by atoms with Crippen molar-refractivity contribution in [1.82, 2.24) is 10.2 Å². The predicted molar refractivity (Wildman–Crippen MR) is 77.7 cm³/mol. The van der Waals surface area contributed by atoms with Gasteiger partial charge in [-0.15, -0.1) is 0 Å². The lowest BCUT2D eigenvalue weighted by atomic mass is 10.1. The standard InChI is InChI=1S/C16H19FN2O2/c1-2-3-15(20)18-9-13-8-16(21)19(11-13)10-12-4-6-14(17)7-5-12/h2-7,13H,8-11H2,1H3,(H,18,20)/b3-2-/t13-/m0/s1. The SMILES string of the molecule is C/C=C\C(=O)NC[C@@H]1CC(=O)N(Cc2ccc(F)cc2)C1. The van der Waals surface area contributed by atoms with Gasteiger partial charge in [0.1, 0.15) is 5.82 Å². The summed E-state index contributed by atoms with van der Waals surface area (Å²) in [4.78, 5) is 25.1. The fraction of sp³-hybridized carbons (Fsp3) is 0.375. The summed E-state index contributed by atoms with van der Waals surface area (Å²) in [6.45, 7) is 3.38. The van der Waals surface area contributed by atoms with Crippen LogP contribution in [0.4, 0.5) is 4.39 Å². The van der Waals surface area contributed by atoms with Crippen LogP contribution in [0.3, 0.4) is 0 Å². The summed E-state index contributed by atoms with van der Waals surface area (Å²) in [6, 6.07) is 6.16. The molecule has 5 heteroatoms. The van der Waals surface area contributed by atoms with Crippen LogP contribution >= 0.6 is 0 Å². The summed E-state index contributed by atoms with van der Waals surface area (Å²) < 4.78 is 12.9. The molecule has 0 unspecified atom stereocenters. The minimum Gasteiger partial charge on any atom is -0.352 e. The predicted octanol–water partition coefficient (Wildman–Crippen LogP) is 1.87. The van der Waals surface area contributed by atoms with Gasteiger partial charge >= 0.3 is 0 Å². The number of halogens is 1. The molecule has 1 atom stereocenters. The fourth-order valence-electron chi connectivity index (χ4n) is 2.41. The molecule has 0 aliphatic carbocycles. The van der Waals surface area contributed by atoms with Crippen LogP contribution in [0.2, 0.25) is 0 Å². The van der Waals surface area contributed by atoms with Crippen molar-refractivity contribution in [3.8, 4) is 0 Å². The second-order valence-corrected chi connectivity index (χ2v) is 5.22. The molecule has 0 bridgehead atoms. The van der Waals surface area contributed by atoms with Crippen molar-refractivity contribution in [2.75, 3.05) is 13.1 Å². The zero-order valence-electron chi connectivity index (χ0n) is 12.0. The van der Waals surface area contributed by atoms with Gasteiger partial charge in [0, 0.05) is 32.0 Å². The van der Waals surface area contributed by atoms with Crippen LogP contribution in [0.15, 0.2) is 36.4 Å². The third-order valence-electron chi connectivity index (χ3n) is 3.46. The van der Waals surface area contributed by atoms with Crippen molar-refractivity contribution in [3.63, 3.8) is 0 Å². The van der Waals surface area contributed by atoms with Crippen LogP contribution in [0.1, 0.15) is 18.9 Å². The van der Waals surface area contributed by atoms with Gasteiger partial charge < -0.3 is 10.2 Å². The largest absolute Gasteiger partial charge is 0.352 e. The fourth-order valence-corrected chi connectivity index (χ4v) is 2.41. The summed E-state index contributed by atoms with van der Waals surface area (Å²) in [7, 11) is 0. The molecule has 0 spiro atoms. The zero-order chi connectivity index (χ0) is 15.2. The van der Waals surface area contributed by atoms with Crippen molar-refractivity contribution >= 4 is 11.8 Å². The molecule has 2 amide bonds. The molecule has 112 valence electrons. The summed E-state index contributed by atoms with van der Waals surface area (Å²) in [5.41, 5.74) is 0.906. The maximum Gasteiger partial charge on any atom is 0.243 e. The van der Waals surface area contributed by atoms with Crippen LogP contribution in [0.25, 0.3) is 0 Å². The molecular formula is C16H19FN2O2. The monoisotopic (exact) mass is 290 g/mol. The first-order chi connectivity index (χ1) is 10.1. The number of allylic oxidation sites excluding steroid dienone is 1. The summed E-state index contributed by atoms with van der Waals surface area (Å²) in [5, 5.41) is 2.78. The Morgan fingerprint density at radius 2 is 2.14 bits per heavy atom. The zero-order valence-corrected chi connectivity index (χ0v) is 12.0. The number of rotatable bonds is 5. The number of hydrogen-bond acceptors (Lipinski definition) is 2. The second-order valence-electron chi connectivity index (χ2n) is 5.22. The quantitative estimate of drug-likeness (QED) is 0.842. The normalized spacial score (nSPS) is 18.5. The van der Waals surface area contributed by atoms with Crippen molar-refractivity contribution in [2.45, 2.75) is 19.9 Å². The lowest BCUT2D eigenvalue weighted by Crippen LogP contribution is -2.30. The number of likely N-dealkylation sites (tertiary alicyclic amines) is 1. The van der Waals surface area contributed by atoms with Crippen LogP contribution in [-0.2, 0) is 16.1 Å². The Morgan fingerprint density at radius 3 is 2.81 bits per heavy atom. The van der Waals surface area contributed by atoms with Gasteiger partial charge in [0.25, 0.3) is 0 Å². The Bertz CT molecular complexity index is 540. The van der Waals surface area contributed by atoms with E-state index in [0.717, 1.165) is 5.56 Å². The van der Waals surface area contributed by atoms with Gasteiger partial charge in [-0.25, -0.2) is 4.39 Å². The third kappa shape index (κ3) is 4.41. The molecule has 1 saturated heterocycles.